The molecule has 1 rings (SSSR count). The van der Waals surface area contributed by atoms with E-state index in [0.717, 1.165) is 18.5 Å². The summed E-state index contributed by atoms with van der Waals surface area (Å²) in [5.74, 6) is -0.792. The van der Waals surface area contributed by atoms with E-state index in [0.29, 0.717) is 5.02 Å². The SMILES string of the molecule is CCCN(CC(=O)O)C(C)c1ccc(Cl)cc1.Cl. The minimum atomic E-state index is -0.792. The predicted molar refractivity (Wildman–Crippen MR) is 76.6 cm³/mol. The van der Waals surface area contributed by atoms with E-state index in [1.54, 1.807) is 0 Å². The van der Waals surface area contributed by atoms with Gasteiger partial charge in [-0.25, -0.2) is 0 Å². The molecule has 102 valence electrons. The molecule has 0 heterocycles. The molecule has 1 N–H and O–H groups in total. The molecular weight excluding hydrogens is 273 g/mol. The third-order valence-electron chi connectivity index (χ3n) is 2.75. The van der Waals surface area contributed by atoms with Crippen molar-refractivity contribution in [3.05, 3.63) is 34.9 Å². The van der Waals surface area contributed by atoms with Crippen molar-refractivity contribution in [3.8, 4) is 0 Å². The number of nitrogens with zero attached hydrogens (tertiary/aromatic N) is 1. The molecule has 0 saturated heterocycles. The number of benzene rings is 1. The van der Waals surface area contributed by atoms with Gasteiger partial charge in [0.2, 0.25) is 0 Å². The van der Waals surface area contributed by atoms with Crippen LogP contribution in [-0.4, -0.2) is 29.1 Å². The highest BCUT2D eigenvalue weighted by Gasteiger charge is 2.17. The smallest absolute Gasteiger partial charge is 0.317 e. The van der Waals surface area contributed by atoms with E-state index < -0.39 is 5.97 Å². The third-order valence-corrected chi connectivity index (χ3v) is 3.00. The molecule has 0 saturated carbocycles. The highest BCUT2D eigenvalue weighted by Crippen LogP contribution is 2.21. The molecule has 18 heavy (non-hydrogen) atoms. The van der Waals surface area contributed by atoms with Crippen LogP contribution < -0.4 is 0 Å². The Morgan fingerprint density at radius 1 is 1.39 bits per heavy atom. The zero-order valence-electron chi connectivity index (χ0n) is 10.6. The number of halogens is 2. The van der Waals surface area contributed by atoms with Crippen LogP contribution in [0.1, 0.15) is 31.9 Å². The first-order chi connectivity index (χ1) is 8.04. The average Bonchev–Trinajstić information content (AvgIpc) is 2.28. The lowest BCUT2D eigenvalue weighted by atomic mass is 10.1. The van der Waals surface area contributed by atoms with Gasteiger partial charge < -0.3 is 5.11 Å². The fourth-order valence-corrected chi connectivity index (χ4v) is 1.95. The Kier molecular flexibility index (Phi) is 8.00. The van der Waals surface area contributed by atoms with Gasteiger partial charge in [-0.3, -0.25) is 9.69 Å². The van der Waals surface area contributed by atoms with Gasteiger partial charge in [-0.1, -0.05) is 30.7 Å². The lowest BCUT2D eigenvalue weighted by molar-refractivity contribution is -0.138. The topological polar surface area (TPSA) is 40.5 Å². The largest absolute Gasteiger partial charge is 0.480 e. The molecule has 0 aliphatic rings. The monoisotopic (exact) mass is 291 g/mol. The lowest BCUT2D eigenvalue weighted by Gasteiger charge is -2.27. The molecule has 0 bridgehead atoms. The molecule has 1 aromatic carbocycles. The van der Waals surface area contributed by atoms with Crippen molar-refractivity contribution in [1.82, 2.24) is 4.90 Å². The number of carbonyl (C=O) groups is 1. The predicted octanol–water partition coefficient (Wildman–Crippen LogP) is 3.62. The van der Waals surface area contributed by atoms with Gasteiger partial charge in [-0.2, -0.15) is 0 Å². The summed E-state index contributed by atoms with van der Waals surface area (Å²) in [6.07, 6.45) is 0.936. The summed E-state index contributed by atoms with van der Waals surface area (Å²) in [6, 6.07) is 7.63. The maximum absolute atomic E-state index is 10.8. The van der Waals surface area contributed by atoms with Crippen LogP contribution in [0.3, 0.4) is 0 Å². The second-order valence-electron chi connectivity index (χ2n) is 4.09. The molecule has 1 aromatic rings. The summed E-state index contributed by atoms with van der Waals surface area (Å²) in [5, 5.41) is 9.58. The van der Waals surface area contributed by atoms with E-state index in [2.05, 4.69) is 0 Å². The molecule has 0 aromatic heterocycles. The fraction of sp³-hybridized carbons (Fsp3) is 0.462. The quantitative estimate of drug-likeness (QED) is 0.870. The van der Waals surface area contributed by atoms with Crippen molar-refractivity contribution in [2.75, 3.05) is 13.1 Å². The number of rotatable bonds is 6. The van der Waals surface area contributed by atoms with Gasteiger partial charge in [-0.15, -0.1) is 12.4 Å². The summed E-state index contributed by atoms with van der Waals surface area (Å²) < 4.78 is 0. The molecule has 0 aliphatic heterocycles. The first-order valence-corrected chi connectivity index (χ1v) is 6.13. The summed E-state index contributed by atoms with van der Waals surface area (Å²) in [7, 11) is 0. The van der Waals surface area contributed by atoms with Crippen LogP contribution in [-0.2, 0) is 4.79 Å². The highest BCUT2D eigenvalue weighted by atomic mass is 35.5. The molecule has 0 fully saturated rings. The molecule has 0 amide bonds. The summed E-state index contributed by atoms with van der Waals surface area (Å²) >= 11 is 5.83. The van der Waals surface area contributed by atoms with Gasteiger partial charge in [0.15, 0.2) is 0 Å². The summed E-state index contributed by atoms with van der Waals surface area (Å²) in [5.41, 5.74) is 1.09. The van der Waals surface area contributed by atoms with Crippen molar-refractivity contribution < 1.29 is 9.90 Å². The lowest BCUT2D eigenvalue weighted by Crippen LogP contribution is -2.33. The van der Waals surface area contributed by atoms with Crippen LogP contribution in [0.2, 0.25) is 5.02 Å². The zero-order valence-corrected chi connectivity index (χ0v) is 12.2. The average molecular weight is 292 g/mol. The van der Waals surface area contributed by atoms with Gasteiger partial charge >= 0.3 is 5.97 Å². The van der Waals surface area contributed by atoms with Crippen LogP contribution in [0.5, 0.6) is 0 Å². The Bertz CT molecular complexity index is 368. The van der Waals surface area contributed by atoms with E-state index in [4.69, 9.17) is 16.7 Å². The van der Waals surface area contributed by atoms with Crippen molar-refractivity contribution in [1.29, 1.82) is 0 Å². The Morgan fingerprint density at radius 3 is 2.39 bits per heavy atom. The van der Waals surface area contributed by atoms with Gasteiger partial charge in [0.05, 0.1) is 6.54 Å². The van der Waals surface area contributed by atoms with Crippen LogP contribution in [0.4, 0.5) is 0 Å². The van der Waals surface area contributed by atoms with Crippen LogP contribution in [0.25, 0.3) is 0 Å². The molecular formula is C13H19Cl2NO2. The molecule has 5 heteroatoms. The molecule has 3 nitrogen and oxygen atoms in total. The van der Waals surface area contributed by atoms with E-state index in [1.807, 2.05) is 43.0 Å². The molecule has 0 radical (unpaired) electrons. The molecule has 1 unspecified atom stereocenters. The number of aliphatic carboxylic acids is 1. The number of hydrogen-bond donors (Lipinski definition) is 1. The molecule has 1 atom stereocenters. The van der Waals surface area contributed by atoms with Gasteiger partial charge in [-0.05, 0) is 37.6 Å². The standard InChI is InChI=1S/C13H18ClNO2.ClH/c1-3-8-15(9-13(16)17)10(2)11-4-6-12(14)7-5-11;/h4-7,10H,3,8-9H2,1-2H3,(H,16,17);1H. The van der Waals surface area contributed by atoms with Crippen LogP contribution in [0, 0.1) is 0 Å². The van der Waals surface area contributed by atoms with Crippen molar-refractivity contribution in [2.45, 2.75) is 26.3 Å². The second kappa shape index (κ2) is 8.35. The Hall–Kier alpha value is -0.770. The van der Waals surface area contributed by atoms with Crippen molar-refractivity contribution >= 4 is 30.0 Å². The Balaban J connectivity index is 0.00000289. The van der Waals surface area contributed by atoms with Gasteiger partial charge in [0.1, 0.15) is 0 Å². The van der Waals surface area contributed by atoms with Gasteiger partial charge in [0, 0.05) is 11.1 Å². The number of carboxylic acid groups (broad SMARTS) is 1. The van der Waals surface area contributed by atoms with E-state index in [-0.39, 0.29) is 25.0 Å². The maximum atomic E-state index is 10.8. The molecule has 0 aliphatic carbocycles. The van der Waals surface area contributed by atoms with Crippen molar-refractivity contribution in [2.24, 2.45) is 0 Å². The van der Waals surface area contributed by atoms with Crippen LogP contribution >= 0.6 is 24.0 Å². The first kappa shape index (κ1) is 17.2. The van der Waals surface area contributed by atoms with E-state index >= 15 is 0 Å². The van der Waals surface area contributed by atoms with E-state index in [9.17, 15) is 4.79 Å². The minimum absolute atomic E-state index is 0. The third kappa shape index (κ3) is 5.25. The second-order valence-corrected chi connectivity index (χ2v) is 4.53. The highest BCUT2D eigenvalue weighted by molar-refractivity contribution is 6.30. The van der Waals surface area contributed by atoms with E-state index in [1.165, 1.54) is 0 Å². The Labute approximate surface area is 119 Å². The fourth-order valence-electron chi connectivity index (χ4n) is 1.82. The maximum Gasteiger partial charge on any atom is 0.317 e. The number of hydrogen-bond acceptors (Lipinski definition) is 2. The normalized spacial score (nSPS) is 12.0. The van der Waals surface area contributed by atoms with Crippen molar-refractivity contribution in [3.63, 3.8) is 0 Å². The molecule has 0 spiro atoms. The van der Waals surface area contributed by atoms with Crippen LogP contribution in [0.15, 0.2) is 24.3 Å². The minimum Gasteiger partial charge on any atom is -0.480 e. The summed E-state index contributed by atoms with van der Waals surface area (Å²) in [4.78, 5) is 12.8. The zero-order chi connectivity index (χ0) is 12.8. The van der Waals surface area contributed by atoms with Gasteiger partial charge in [0.25, 0.3) is 0 Å². The summed E-state index contributed by atoms with van der Waals surface area (Å²) in [6.45, 7) is 4.90. The first-order valence-electron chi connectivity index (χ1n) is 5.76. The number of carboxylic acids is 1. The Morgan fingerprint density at radius 2 is 1.94 bits per heavy atom.